The third kappa shape index (κ3) is 3.94. The number of hydrogen-bond donors (Lipinski definition) is 4. The van der Waals surface area contributed by atoms with Crippen molar-refractivity contribution in [2.45, 2.75) is 0 Å². The van der Waals surface area contributed by atoms with Crippen LogP contribution in [0.5, 0.6) is 5.75 Å². The fourth-order valence-corrected chi connectivity index (χ4v) is 2.21. The lowest BCUT2D eigenvalue weighted by molar-refractivity contribution is -0.122. The first-order valence-corrected chi connectivity index (χ1v) is 7.00. The predicted molar refractivity (Wildman–Crippen MR) is 89.1 cm³/mol. The second-order valence-electron chi connectivity index (χ2n) is 4.82. The van der Waals surface area contributed by atoms with Gasteiger partial charge in [0.1, 0.15) is 5.75 Å². The smallest absolute Gasteiger partial charge is 0.337 e. The number of para-hydroxylation sites is 1. The van der Waals surface area contributed by atoms with Gasteiger partial charge in [0.15, 0.2) is 0 Å². The first-order valence-electron chi connectivity index (χ1n) is 7.00. The molecule has 3 aromatic rings. The molecule has 128 valence electrons. The predicted octanol–water partition coefficient (Wildman–Crippen LogP) is 1.94. The van der Waals surface area contributed by atoms with Crippen LogP contribution < -0.4 is 5.56 Å². The Labute approximate surface area is 141 Å². The van der Waals surface area contributed by atoms with Gasteiger partial charge in [-0.2, -0.15) is 0 Å². The molecule has 0 aliphatic rings. The van der Waals surface area contributed by atoms with Crippen molar-refractivity contribution in [3.8, 4) is 22.7 Å². The van der Waals surface area contributed by atoms with Crippen molar-refractivity contribution >= 4 is 12.4 Å². The van der Waals surface area contributed by atoms with Crippen LogP contribution in [0.25, 0.3) is 16.9 Å². The van der Waals surface area contributed by atoms with E-state index in [0.717, 1.165) is 0 Å². The molecule has 0 bridgehead atoms. The zero-order valence-electron chi connectivity index (χ0n) is 12.8. The van der Waals surface area contributed by atoms with Gasteiger partial charge in [-0.05, 0) is 42.0 Å². The lowest BCUT2D eigenvalue weighted by Gasteiger charge is -2.06. The van der Waals surface area contributed by atoms with Crippen molar-refractivity contribution in [3.63, 3.8) is 0 Å². The standard InChI is InChI=1S/C16H12N2O4.CH2O2/c19-11-7-5-10(6-8-11)13-9-15(20)18(17-13)14-4-2-1-3-12(14)16(21)22;2-1-3/h1-9,17,19H,(H,21,22);1H,(H,2,3). The van der Waals surface area contributed by atoms with Crippen LogP contribution in [0.4, 0.5) is 0 Å². The summed E-state index contributed by atoms with van der Waals surface area (Å²) >= 11 is 0. The van der Waals surface area contributed by atoms with E-state index in [4.69, 9.17) is 9.90 Å². The summed E-state index contributed by atoms with van der Waals surface area (Å²) in [4.78, 5) is 31.8. The summed E-state index contributed by atoms with van der Waals surface area (Å²) in [6.45, 7) is -0.250. The highest BCUT2D eigenvalue weighted by Crippen LogP contribution is 2.20. The zero-order valence-corrected chi connectivity index (χ0v) is 12.8. The maximum Gasteiger partial charge on any atom is 0.337 e. The Bertz CT molecular complexity index is 940. The number of hydrogen-bond acceptors (Lipinski definition) is 4. The molecule has 1 heterocycles. The van der Waals surface area contributed by atoms with Gasteiger partial charge in [0.05, 0.1) is 16.9 Å². The van der Waals surface area contributed by atoms with Crippen LogP contribution in [0.15, 0.2) is 59.4 Å². The van der Waals surface area contributed by atoms with E-state index in [9.17, 15) is 19.8 Å². The van der Waals surface area contributed by atoms with Gasteiger partial charge in [-0.15, -0.1) is 0 Å². The highest BCUT2D eigenvalue weighted by molar-refractivity contribution is 5.91. The molecule has 8 nitrogen and oxygen atoms in total. The average molecular weight is 342 g/mol. The molecule has 0 aliphatic heterocycles. The minimum Gasteiger partial charge on any atom is -0.508 e. The average Bonchev–Trinajstić information content (AvgIpc) is 2.98. The number of rotatable bonds is 3. The second kappa shape index (κ2) is 7.64. The van der Waals surface area contributed by atoms with Crippen molar-refractivity contribution in [2.24, 2.45) is 0 Å². The SMILES string of the molecule is O=C(O)c1ccccc1-n1[nH]c(-c2ccc(O)cc2)cc1=O.O=CO. The van der Waals surface area contributed by atoms with Crippen LogP contribution in [-0.4, -0.2) is 37.5 Å². The van der Waals surface area contributed by atoms with Crippen molar-refractivity contribution in [2.75, 3.05) is 0 Å². The van der Waals surface area contributed by atoms with Gasteiger partial charge in [0, 0.05) is 6.07 Å². The Morgan fingerprint density at radius 1 is 1.08 bits per heavy atom. The quantitative estimate of drug-likeness (QED) is 0.538. The van der Waals surface area contributed by atoms with Crippen LogP contribution in [0.2, 0.25) is 0 Å². The second-order valence-corrected chi connectivity index (χ2v) is 4.82. The molecule has 0 radical (unpaired) electrons. The molecule has 0 spiro atoms. The lowest BCUT2D eigenvalue weighted by Crippen LogP contribution is -2.16. The van der Waals surface area contributed by atoms with E-state index >= 15 is 0 Å². The Balaban J connectivity index is 0.000000701. The number of carboxylic acid groups (broad SMARTS) is 2. The Hall–Kier alpha value is -3.81. The molecule has 2 aromatic carbocycles. The van der Waals surface area contributed by atoms with Crippen molar-refractivity contribution in [1.29, 1.82) is 0 Å². The Morgan fingerprint density at radius 3 is 2.28 bits per heavy atom. The van der Waals surface area contributed by atoms with Gasteiger partial charge in [0.2, 0.25) is 0 Å². The summed E-state index contributed by atoms with van der Waals surface area (Å²) < 4.78 is 1.19. The fourth-order valence-electron chi connectivity index (χ4n) is 2.21. The summed E-state index contributed by atoms with van der Waals surface area (Å²) in [5.41, 5.74) is 1.18. The van der Waals surface area contributed by atoms with Gasteiger partial charge in [-0.1, -0.05) is 12.1 Å². The van der Waals surface area contributed by atoms with Crippen LogP contribution in [0, 0.1) is 0 Å². The fraction of sp³-hybridized carbons (Fsp3) is 0. The molecular formula is C17H14N2O6. The number of phenolic OH excluding ortho intramolecular Hbond substituents is 1. The molecule has 1 aromatic heterocycles. The lowest BCUT2D eigenvalue weighted by atomic mass is 10.1. The van der Waals surface area contributed by atoms with E-state index in [0.29, 0.717) is 11.3 Å². The van der Waals surface area contributed by atoms with Gasteiger partial charge in [-0.3, -0.25) is 14.7 Å². The van der Waals surface area contributed by atoms with Gasteiger partial charge in [0.25, 0.3) is 12.0 Å². The summed E-state index contributed by atoms with van der Waals surface area (Å²) in [6, 6.07) is 14.0. The summed E-state index contributed by atoms with van der Waals surface area (Å²) in [5.74, 6) is -0.981. The molecule has 0 amide bonds. The number of H-pyrrole nitrogens is 1. The molecule has 25 heavy (non-hydrogen) atoms. The number of aromatic hydroxyl groups is 1. The van der Waals surface area contributed by atoms with E-state index in [1.54, 1.807) is 30.3 Å². The largest absolute Gasteiger partial charge is 0.508 e. The number of nitrogens with zero attached hydrogens (tertiary/aromatic N) is 1. The molecule has 0 aliphatic carbocycles. The van der Waals surface area contributed by atoms with Crippen LogP contribution in [-0.2, 0) is 4.79 Å². The van der Waals surface area contributed by atoms with Crippen molar-refractivity contribution < 1.29 is 24.9 Å². The minimum absolute atomic E-state index is 0.0312. The summed E-state index contributed by atoms with van der Waals surface area (Å²) in [7, 11) is 0. The number of aromatic amines is 1. The van der Waals surface area contributed by atoms with E-state index in [1.807, 2.05) is 0 Å². The Kier molecular flexibility index (Phi) is 5.36. The van der Waals surface area contributed by atoms with Gasteiger partial charge < -0.3 is 15.3 Å². The molecule has 0 saturated heterocycles. The van der Waals surface area contributed by atoms with Crippen LogP contribution >= 0.6 is 0 Å². The van der Waals surface area contributed by atoms with E-state index in [2.05, 4.69) is 5.10 Å². The number of phenols is 1. The monoisotopic (exact) mass is 342 g/mol. The van der Waals surface area contributed by atoms with E-state index in [-0.39, 0.29) is 29.0 Å². The number of benzene rings is 2. The van der Waals surface area contributed by atoms with Crippen molar-refractivity contribution in [1.82, 2.24) is 9.78 Å². The normalized spacial score (nSPS) is 9.76. The third-order valence-corrected chi connectivity index (χ3v) is 3.27. The van der Waals surface area contributed by atoms with Crippen LogP contribution in [0.1, 0.15) is 10.4 Å². The number of aromatic carboxylic acids is 1. The number of aromatic nitrogens is 2. The first kappa shape index (κ1) is 17.5. The summed E-state index contributed by atoms with van der Waals surface area (Å²) in [6.07, 6.45) is 0. The zero-order chi connectivity index (χ0) is 18.4. The molecule has 3 rings (SSSR count). The maximum atomic E-state index is 12.1. The molecule has 4 N–H and O–H groups in total. The van der Waals surface area contributed by atoms with E-state index < -0.39 is 5.97 Å². The molecule has 0 fully saturated rings. The number of nitrogens with one attached hydrogen (secondary N) is 1. The van der Waals surface area contributed by atoms with Crippen molar-refractivity contribution in [3.05, 3.63) is 70.5 Å². The molecule has 0 atom stereocenters. The molecule has 8 heteroatoms. The van der Waals surface area contributed by atoms with E-state index in [1.165, 1.54) is 28.9 Å². The topological polar surface area (TPSA) is 133 Å². The molecule has 0 saturated carbocycles. The van der Waals surface area contributed by atoms with Crippen LogP contribution in [0.3, 0.4) is 0 Å². The number of carboxylic acids is 1. The maximum absolute atomic E-state index is 12.1. The Morgan fingerprint density at radius 2 is 1.68 bits per heavy atom. The summed E-state index contributed by atoms with van der Waals surface area (Å²) in [5, 5.41) is 28.3. The highest BCUT2D eigenvalue weighted by Gasteiger charge is 2.14. The molecule has 0 unspecified atom stereocenters. The third-order valence-electron chi connectivity index (χ3n) is 3.27. The van der Waals surface area contributed by atoms with Gasteiger partial charge in [-0.25, -0.2) is 9.48 Å². The molecular weight excluding hydrogens is 328 g/mol. The minimum atomic E-state index is -1.11. The number of carbonyl (C=O) groups is 2. The first-order chi connectivity index (χ1) is 12.0. The van der Waals surface area contributed by atoms with Gasteiger partial charge >= 0.3 is 5.97 Å². The highest BCUT2D eigenvalue weighted by atomic mass is 16.4.